The largest absolute Gasteiger partial charge is 0.308 e. The molecule has 0 saturated heterocycles. The van der Waals surface area contributed by atoms with Crippen LogP contribution in [0.5, 0.6) is 0 Å². The van der Waals surface area contributed by atoms with Gasteiger partial charge >= 0.3 is 0 Å². The summed E-state index contributed by atoms with van der Waals surface area (Å²) in [7, 11) is 0. The van der Waals surface area contributed by atoms with Crippen molar-refractivity contribution in [2.24, 2.45) is 0 Å². The SMILES string of the molecule is c1ccc2c(c1)ccc1c2sc2cncc(N(c3ccc4c(c3)sc3ccccc34)c3ccc4sc5ccccc5c4c3)c21. The lowest BCUT2D eigenvalue weighted by atomic mass is 10.0. The fourth-order valence-electron chi connectivity index (χ4n) is 6.74. The van der Waals surface area contributed by atoms with E-state index >= 15 is 0 Å². The van der Waals surface area contributed by atoms with Crippen molar-refractivity contribution in [3.05, 3.63) is 134 Å². The lowest BCUT2D eigenvalue weighted by Gasteiger charge is -2.26. The summed E-state index contributed by atoms with van der Waals surface area (Å²) in [5, 5.41) is 10.3. The van der Waals surface area contributed by atoms with Crippen molar-refractivity contribution >= 4 is 122 Å². The Morgan fingerprint density at radius 1 is 0.432 bits per heavy atom. The molecule has 0 unspecified atom stereocenters. The molecule has 10 aromatic rings. The molecule has 2 nitrogen and oxygen atoms in total. The summed E-state index contributed by atoms with van der Waals surface area (Å²) in [6.07, 6.45) is 4.08. The highest BCUT2D eigenvalue weighted by molar-refractivity contribution is 7.27. The van der Waals surface area contributed by atoms with E-state index in [0.717, 1.165) is 17.1 Å². The molecule has 10 rings (SSSR count). The molecule has 6 aromatic carbocycles. The Morgan fingerprint density at radius 2 is 1.07 bits per heavy atom. The van der Waals surface area contributed by atoms with Gasteiger partial charge in [0.25, 0.3) is 0 Å². The van der Waals surface area contributed by atoms with Gasteiger partial charge in [-0.15, -0.1) is 34.0 Å². The molecule has 0 atom stereocenters. The van der Waals surface area contributed by atoms with Gasteiger partial charge < -0.3 is 4.90 Å². The van der Waals surface area contributed by atoms with Crippen molar-refractivity contribution < 1.29 is 0 Å². The monoisotopic (exact) mass is 614 g/mol. The van der Waals surface area contributed by atoms with Gasteiger partial charge in [-0.25, -0.2) is 0 Å². The molecule has 0 aliphatic carbocycles. The van der Waals surface area contributed by atoms with E-state index in [0.29, 0.717) is 0 Å². The van der Waals surface area contributed by atoms with Gasteiger partial charge in [-0.3, -0.25) is 4.98 Å². The molecule has 206 valence electrons. The highest BCUT2D eigenvalue weighted by Gasteiger charge is 2.21. The smallest absolute Gasteiger partial charge is 0.0738 e. The van der Waals surface area contributed by atoms with Gasteiger partial charge in [0.15, 0.2) is 0 Å². The Hall–Kier alpha value is -4.81. The Balaban J connectivity index is 1.29. The van der Waals surface area contributed by atoms with Crippen LogP contribution in [-0.2, 0) is 0 Å². The van der Waals surface area contributed by atoms with E-state index in [9.17, 15) is 0 Å². The van der Waals surface area contributed by atoms with Crippen LogP contribution in [0.3, 0.4) is 0 Å². The van der Waals surface area contributed by atoms with Crippen molar-refractivity contribution in [2.45, 2.75) is 0 Å². The number of hydrogen-bond acceptors (Lipinski definition) is 5. The van der Waals surface area contributed by atoms with E-state index < -0.39 is 0 Å². The van der Waals surface area contributed by atoms with E-state index in [4.69, 9.17) is 4.98 Å². The molecule has 0 aliphatic heterocycles. The standard InChI is InChI=1S/C39H22N2S3/c1-2-8-26-23(7-1)13-16-30-38-32(21-40-22-37(38)44-39(26)30)41(24-15-18-35-31(19-24)28-10-4-6-12-34(28)42-35)25-14-17-29-27-9-3-5-11-33(27)43-36(29)20-25/h1-22H. The summed E-state index contributed by atoms with van der Waals surface area (Å²) in [5.74, 6) is 0. The maximum atomic E-state index is 4.83. The van der Waals surface area contributed by atoms with E-state index in [2.05, 4.69) is 132 Å². The van der Waals surface area contributed by atoms with Crippen LogP contribution in [0.2, 0.25) is 0 Å². The van der Waals surface area contributed by atoms with E-state index in [1.165, 1.54) is 71.3 Å². The highest BCUT2D eigenvalue weighted by atomic mass is 32.1. The van der Waals surface area contributed by atoms with Crippen LogP contribution in [0, 0.1) is 0 Å². The average Bonchev–Trinajstić information content (AvgIpc) is 3.76. The molecule has 0 N–H and O–H groups in total. The molecule has 0 aliphatic rings. The Morgan fingerprint density at radius 3 is 1.93 bits per heavy atom. The molecule has 44 heavy (non-hydrogen) atoms. The van der Waals surface area contributed by atoms with Crippen LogP contribution in [0.4, 0.5) is 17.1 Å². The lowest BCUT2D eigenvalue weighted by molar-refractivity contribution is 1.27. The number of fused-ring (bicyclic) bond motifs is 11. The first kappa shape index (κ1) is 24.6. The number of thiophene rings is 3. The first-order chi connectivity index (χ1) is 21.8. The van der Waals surface area contributed by atoms with Gasteiger partial charge in [-0.2, -0.15) is 0 Å². The zero-order chi connectivity index (χ0) is 28.8. The second-order valence-electron chi connectivity index (χ2n) is 11.2. The van der Waals surface area contributed by atoms with E-state index in [1.54, 1.807) is 0 Å². The summed E-state index contributed by atoms with van der Waals surface area (Å²) in [6, 6.07) is 44.5. The molecule has 4 heterocycles. The molecule has 0 bridgehead atoms. The van der Waals surface area contributed by atoms with Crippen LogP contribution < -0.4 is 4.90 Å². The van der Waals surface area contributed by atoms with Gasteiger partial charge in [-0.1, -0.05) is 78.9 Å². The third-order valence-corrected chi connectivity index (χ3v) is 12.2. The van der Waals surface area contributed by atoms with Gasteiger partial charge in [0, 0.05) is 73.4 Å². The summed E-state index contributed by atoms with van der Waals surface area (Å²) in [5.41, 5.74) is 3.37. The first-order valence-corrected chi connectivity index (χ1v) is 17.1. The van der Waals surface area contributed by atoms with Crippen LogP contribution in [0.25, 0.3) is 71.3 Å². The summed E-state index contributed by atoms with van der Waals surface area (Å²) in [4.78, 5) is 7.26. The number of pyridine rings is 1. The van der Waals surface area contributed by atoms with Crippen molar-refractivity contribution in [3.63, 3.8) is 0 Å². The van der Waals surface area contributed by atoms with Crippen molar-refractivity contribution in [3.8, 4) is 0 Å². The summed E-state index contributed by atoms with van der Waals surface area (Å²) >= 11 is 5.56. The van der Waals surface area contributed by atoms with Gasteiger partial charge in [0.05, 0.1) is 16.6 Å². The number of nitrogens with zero attached hydrogens (tertiary/aromatic N) is 2. The maximum Gasteiger partial charge on any atom is 0.0738 e. The maximum absolute atomic E-state index is 4.83. The van der Waals surface area contributed by atoms with E-state index in [1.807, 2.05) is 40.2 Å². The Kier molecular flexibility index (Phi) is 5.23. The highest BCUT2D eigenvalue weighted by Crippen LogP contribution is 2.48. The molecular weight excluding hydrogens is 593 g/mol. The Labute approximate surface area is 264 Å². The number of anilines is 3. The van der Waals surface area contributed by atoms with Crippen molar-refractivity contribution in [1.82, 2.24) is 4.98 Å². The van der Waals surface area contributed by atoms with Gasteiger partial charge in [0.2, 0.25) is 0 Å². The van der Waals surface area contributed by atoms with Crippen LogP contribution in [0.1, 0.15) is 0 Å². The zero-order valence-electron chi connectivity index (χ0n) is 23.3. The van der Waals surface area contributed by atoms with Crippen LogP contribution >= 0.6 is 34.0 Å². The second-order valence-corrected chi connectivity index (χ2v) is 14.4. The molecule has 0 spiro atoms. The third-order valence-electron chi connectivity index (χ3n) is 8.73. The summed E-state index contributed by atoms with van der Waals surface area (Å²) in [6.45, 7) is 0. The molecule has 0 saturated carbocycles. The fraction of sp³-hybridized carbons (Fsp3) is 0. The second kappa shape index (κ2) is 9.34. The molecule has 0 fully saturated rings. The third kappa shape index (κ3) is 3.55. The minimum Gasteiger partial charge on any atom is -0.308 e. The van der Waals surface area contributed by atoms with Crippen LogP contribution in [-0.4, -0.2) is 4.98 Å². The normalized spacial score (nSPS) is 12.1. The molecule has 5 heteroatoms. The Bertz CT molecular complexity index is 2750. The molecule has 0 radical (unpaired) electrons. The van der Waals surface area contributed by atoms with E-state index in [-0.39, 0.29) is 0 Å². The zero-order valence-corrected chi connectivity index (χ0v) is 25.8. The van der Waals surface area contributed by atoms with Crippen LogP contribution in [0.15, 0.2) is 134 Å². The molecule has 0 amide bonds. The molecular formula is C39H22N2S3. The predicted octanol–water partition coefficient (Wildman–Crippen LogP) is 12.8. The van der Waals surface area contributed by atoms with Crippen molar-refractivity contribution in [2.75, 3.05) is 4.90 Å². The topological polar surface area (TPSA) is 16.1 Å². The lowest BCUT2D eigenvalue weighted by Crippen LogP contribution is -2.10. The molecule has 4 aromatic heterocycles. The fourth-order valence-corrected chi connectivity index (χ4v) is 10.2. The van der Waals surface area contributed by atoms with Crippen molar-refractivity contribution in [1.29, 1.82) is 0 Å². The average molecular weight is 615 g/mol. The minimum atomic E-state index is 1.10. The summed E-state index contributed by atoms with van der Waals surface area (Å²) < 4.78 is 7.74. The van der Waals surface area contributed by atoms with Gasteiger partial charge in [-0.05, 0) is 53.2 Å². The number of rotatable bonds is 3. The quantitative estimate of drug-likeness (QED) is 0.197. The number of benzene rings is 6. The predicted molar refractivity (Wildman–Crippen MR) is 195 cm³/mol. The number of hydrogen-bond donors (Lipinski definition) is 0. The first-order valence-electron chi connectivity index (χ1n) is 14.6. The minimum absolute atomic E-state index is 1.10. The van der Waals surface area contributed by atoms with Gasteiger partial charge in [0.1, 0.15) is 0 Å². The number of aromatic nitrogens is 1.